The predicted octanol–water partition coefficient (Wildman–Crippen LogP) is 4.07. The van der Waals surface area contributed by atoms with E-state index in [1.165, 1.54) is 0 Å². The number of hydrogen-bond donors (Lipinski definition) is 1. The highest BCUT2D eigenvalue weighted by Gasteiger charge is 2.41. The van der Waals surface area contributed by atoms with Gasteiger partial charge in [0.25, 0.3) is 0 Å². The number of carbonyl (C=O) groups is 1. The van der Waals surface area contributed by atoms with Gasteiger partial charge in [0.05, 0.1) is 12.4 Å². The third-order valence-electron chi connectivity index (χ3n) is 4.99. The average Bonchev–Trinajstić information content (AvgIpc) is 2.78. The molecule has 1 N–H and O–H groups in total. The zero-order chi connectivity index (χ0) is 21.4. The van der Waals surface area contributed by atoms with Crippen LogP contribution in [0.3, 0.4) is 0 Å². The molecular weight excluding hydrogens is 398 g/mol. The highest BCUT2D eigenvalue weighted by Crippen LogP contribution is 2.39. The van der Waals surface area contributed by atoms with Crippen LogP contribution in [0.1, 0.15) is 27.0 Å². The van der Waals surface area contributed by atoms with Gasteiger partial charge in [-0.15, -0.1) is 0 Å². The first-order chi connectivity index (χ1) is 14.6. The molecule has 0 saturated carbocycles. The van der Waals surface area contributed by atoms with Gasteiger partial charge in [0.2, 0.25) is 0 Å². The Hall–Kier alpha value is -2.64. The molecule has 0 saturated heterocycles. The van der Waals surface area contributed by atoms with Gasteiger partial charge in [-0.2, -0.15) is 0 Å². The average molecular weight is 424 g/mol. The van der Waals surface area contributed by atoms with Crippen molar-refractivity contribution in [1.29, 1.82) is 0 Å². The first kappa shape index (κ1) is 22.1. The summed E-state index contributed by atoms with van der Waals surface area (Å²) in [6, 6.07) is 26.9. The van der Waals surface area contributed by atoms with Crippen LogP contribution < -0.4 is 0 Å². The van der Waals surface area contributed by atoms with Gasteiger partial charge in [-0.25, -0.2) is 4.21 Å². The number of benzene rings is 3. The lowest BCUT2D eigenvalue weighted by Crippen LogP contribution is -2.48. The topological polar surface area (TPSA) is 66.8 Å². The van der Waals surface area contributed by atoms with Gasteiger partial charge >= 0.3 is 0 Å². The molecule has 0 heterocycles. The summed E-state index contributed by atoms with van der Waals surface area (Å²) >= 11 is -1.98. The number of ether oxygens (including phenoxy) is 1. The zero-order valence-corrected chi connectivity index (χ0v) is 17.6. The Labute approximate surface area is 179 Å². The van der Waals surface area contributed by atoms with Crippen molar-refractivity contribution in [3.05, 3.63) is 107 Å². The van der Waals surface area contributed by atoms with E-state index in [2.05, 4.69) is 0 Å². The monoisotopic (exact) mass is 423 g/mol. The molecule has 0 fully saturated rings. The second kappa shape index (κ2) is 10.4. The molecule has 0 spiro atoms. The summed E-state index contributed by atoms with van der Waals surface area (Å²) in [5.41, 5.74) is 1.99. The van der Waals surface area contributed by atoms with E-state index in [0.29, 0.717) is 17.7 Å². The standard InChI is InChI=1S/C24H25NO4S/c1-25(18-20-10-4-2-5-11-20)24(29-16-17-30(27)28,22-13-6-3-7-14-22)23-15-9-8-12-21(23)19-26/h2-15,19H,16-18H2,1H3,(H,27,28). The van der Waals surface area contributed by atoms with Crippen molar-refractivity contribution < 1.29 is 18.3 Å². The van der Waals surface area contributed by atoms with Crippen LogP contribution in [-0.4, -0.2) is 39.4 Å². The Morgan fingerprint density at radius 2 is 1.57 bits per heavy atom. The molecule has 0 aliphatic heterocycles. The molecule has 0 bridgehead atoms. The summed E-state index contributed by atoms with van der Waals surface area (Å²) in [6.45, 7) is 0.593. The molecule has 0 amide bonds. The van der Waals surface area contributed by atoms with Crippen molar-refractivity contribution in [3.63, 3.8) is 0 Å². The Morgan fingerprint density at radius 1 is 0.967 bits per heavy atom. The number of hydrogen-bond acceptors (Lipinski definition) is 4. The normalized spacial score (nSPS) is 14.2. The third-order valence-corrected chi connectivity index (χ3v) is 5.50. The maximum atomic E-state index is 11.9. The summed E-state index contributed by atoms with van der Waals surface area (Å²) in [4.78, 5) is 13.9. The molecule has 3 aromatic carbocycles. The van der Waals surface area contributed by atoms with Gasteiger partial charge in [0.15, 0.2) is 23.1 Å². The summed E-state index contributed by atoms with van der Waals surface area (Å²) in [5, 5.41) is 0. The van der Waals surface area contributed by atoms with Gasteiger partial charge < -0.3 is 9.29 Å². The van der Waals surface area contributed by atoms with Crippen molar-refractivity contribution >= 4 is 17.4 Å². The SMILES string of the molecule is CN(Cc1ccccc1)C(OCCS(=O)O)(c1ccccc1)c1ccccc1C=O. The van der Waals surface area contributed by atoms with Crippen molar-refractivity contribution in [2.75, 3.05) is 19.4 Å². The van der Waals surface area contributed by atoms with Gasteiger partial charge in [-0.05, 0) is 12.6 Å². The van der Waals surface area contributed by atoms with Crippen molar-refractivity contribution in [2.24, 2.45) is 0 Å². The minimum Gasteiger partial charge on any atom is -0.351 e. The van der Waals surface area contributed by atoms with E-state index in [4.69, 9.17) is 4.74 Å². The molecule has 156 valence electrons. The van der Waals surface area contributed by atoms with E-state index in [-0.39, 0.29) is 12.4 Å². The second-order valence-electron chi connectivity index (χ2n) is 6.93. The maximum absolute atomic E-state index is 11.9. The lowest BCUT2D eigenvalue weighted by molar-refractivity contribution is -0.123. The molecule has 5 nitrogen and oxygen atoms in total. The van der Waals surface area contributed by atoms with Gasteiger partial charge in [-0.3, -0.25) is 9.69 Å². The van der Waals surface area contributed by atoms with Crippen LogP contribution in [0, 0.1) is 0 Å². The molecule has 0 aliphatic rings. The summed E-state index contributed by atoms with van der Waals surface area (Å²) in [6.07, 6.45) is 0.816. The summed E-state index contributed by atoms with van der Waals surface area (Å²) in [7, 11) is 1.93. The van der Waals surface area contributed by atoms with Crippen LogP contribution in [0.15, 0.2) is 84.9 Å². The minimum absolute atomic E-state index is 0.0307. The van der Waals surface area contributed by atoms with Crippen molar-refractivity contribution in [1.82, 2.24) is 4.90 Å². The first-order valence-corrected chi connectivity index (χ1v) is 10.9. The maximum Gasteiger partial charge on any atom is 0.174 e. The fourth-order valence-electron chi connectivity index (χ4n) is 3.65. The molecule has 6 heteroatoms. The van der Waals surface area contributed by atoms with E-state index in [1.54, 1.807) is 6.07 Å². The van der Waals surface area contributed by atoms with Gasteiger partial charge in [-0.1, -0.05) is 84.9 Å². The highest BCUT2D eigenvalue weighted by molar-refractivity contribution is 7.79. The van der Waals surface area contributed by atoms with E-state index in [9.17, 15) is 13.6 Å². The summed E-state index contributed by atoms with van der Waals surface area (Å²) < 4.78 is 27.0. The van der Waals surface area contributed by atoms with Crippen LogP contribution in [-0.2, 0) is 28.1 Å². The number of aldehydes is 1. The number of nitrogens with zero attached hydrogens (tertiary/aromatic N) is 1. The lowest BCUT2D eigenvalue weighted by atomic mass is 9.89. The molecule has 0 radical (unpaired) electrons. The Balaban J connectivity index is 2.17. The van der Waals surface area contributed by atoms with Gasteiger partial charge in [0, 0.05) is 23.2 Å². The van der Waals surface area contributed by atoms with Crippen molar-refractivity contribution in [3.8, 4) is 0 Å². The second-order valence-corrected chi connectivity index (χ2v) is 7.98. The fraction of sp³-hybridized carbons (Fsp3) is 0.208. The minimum atomic E-state index is -1.98. The molecule has 30 heavy (non-hydrogen) atoms. The number of carbonyl (C=O) groups excluding carboxylic acids is 1. The number of rotatable bonds is 10. The Morgan fingerprint density at radius 3 is 2.20 bits per heavy atom. The zero-order valence-electron chi connectivity index (χ0n) is 16.8. The van der Waals surface area contributed by atoms with E-state index >= 15 is 0 Å². The quantitative estimate of drug-likeness (QED) is 0.302. The molecule has 2 unspecified atom stereocenters. The molecule has 3 aromatic rings. The molecule has 0 aliphatic carbocycles. The Bertz CT molecular complexity index is 981. The first-order valence-electron chi connectivity index (χ1n) is 9.64. The largest absolute Gasteiger partial charge is 0.351 e. The van der Waals surface area contributed by atoms with E-state index in [1.807, 2.05) is 90.8 Å². The van der Waals surface area contributed by atoms with Crippen LogP contribution >= 0.6 is 0 Å². The summed E-state index contributed by atoms with van der Waals surface area (Å²) in [5.74, 6) is -0.0307. The van der Waals surface area contributed by atoms with Crippen LogP contribution in [0.2, 0.25) is 0 Å². The molecule has 0 aromatic heterocycles. The fourth-order valence-corrected chi connectivity index (χ4v) is 3.88. The third kappa shape index (κ3) is 4.91. The van der Waals surface area contributed by atoms with Crippen LogP contribution in [0.5, 0.6) is 0 Å². The van der Waals surface area contributed by atoms with Gasteiger partial charge in [0.1, 0.15) is 0 Å². The highest BCUT2D eigenvalue weighted by atomic mass is 32.2. The lowest BCUT2D eigenvalue weighted by Gasteiger charge is -2.43. The predicted molar refractivity (Wildman–Crippen MR) is 119 cm³/mol. The van der Waals surface area contributed by atoms with E-state index in [0.717, 1.165) is 17.4 Å². The van der Waals surface area contributed by atoms with Crippen molar-refractivity contribution in [2.45, 2.75) is 12.3 Å². The molecule has 2 atom stereocenters. The molecular formula is C24H25NO4S. The van der Waals surface area contributed by atoms with Crippen LogP contribution in [0.25, 0.3) is 0 Å². The van der Waals surface area contributed by atoms with E-state index < -0.39 is 16.8 Å². The Kier molecular flexibility index (Phi) is 7.65. The smallest absolute Gasteiger partial charge is 0.174 e. The molecule has 3 rings (SSSR count). The van der Waals surface area contributed by atoms with Crippen LogP contribution in [0.4, 0.5) is 0 Å².